The summed E-state index contributed by atoms with van der Waals surface area (Å²) in [6, 6.07) is 9.65. The van der Waals surface area contributed by atoms with Gasteiger partial charge in [0.15, 0.2) is 0 Å². The van der Waals surface area contributed by atoms with Gasteiger partial charge < -0.3 is 4.74 Å². The lowest BCUT2D eigenvalue weighted by atomic mass is 10.3. The van der Waals surface area contributed by atoms with E-state index >= 15 is 0 Å². The molecule has 1 aromatic rings. The molecule has 0 atom stereocenters. The molecule has 0 aliphatic heterocycles. The highest BCUT2D eigenvalue weighted by Gasteiger charge is 1.98. The van der Waals surface area contributed by atoms with Crippen LogP contribution in [0.15, 0.2) is 24.3 Å². The van der Waals surface area contributed by atoms with E-state index in [0.717, 1.165) is 0 Å². The second-order valence-electron chi connectivity index (χ2n) is 2.06. The van der Waals surface area contributed by atoms with Crippen LogP contribution in [0.4, 0.5) is 0 Å². The molecule has 0 fully saturated rings. The van der Waals surface area contributed by atoms with Crippen LogP contribution in [-0.2, 0) is 4.79 Å². The predicted octanol–water partition coefficient (Wildman–Crippen LogP) is 1.80. The van der Waals surface area contributed by atoms with Crippen molar-refractivity contribution < 1.29 is 9.53 Å². The van der Waals surface area contributed by atoms with Crippen LogP contribution in [0, 0.1) is 6.07 Å². The van der Waals surface area contributed by atoms with Crippen molar-refractivity contribution in [2.75, 3.05) is 0 Å². The highest BCUT2D eigenvalue weighted by molar-refractivity contribution is 5.71. The van der Waals surface area contributed by atoms with Gasteiger partial charge in [-0.15, -0.1) is 0 Å². The van der Waals surface area contributed by atoms with Crippen molar-refractivity contribution in [2.45, 2.75) is 13.3 Å². The van der Waals surface area contributed by atoms with E-state index in [0.29, 0.717) is 12.2 Å². The van der Waals surface area contributed by atoms with E-state index in [1.165, 1.54) is 0 Å². The van der Waals surface area contributed by atoms with Gasteiger partial charge >= 0.3 is 5.97 Å². The molecule has 2 nitrogen and oxygen atoms in total. The monoisotopic (exact) mass is 149 g/mol. The van der Waals surface area contributed by atoms with E-state index < -0.39 is 0 Å². The van der Waals surface area contributed by atoms with Crippen molar-refractivity contribution in [3.63, 3.8) is 0 Å². The number of hydrogen-bond acceptors (Lipinski definition) is 2. The minimum absolute atomic E-state index is 0.212. The second-order valence-corrected chi connectivity index (χ2v) is 2.06. The van der Waals surface area contributed by atoms with Crippen LogP contribution in [0.2, 0.25) is 0 Å². The molecule has 2 heteroatoms. The van der Waals surface area contributed by atoms with Crippen LogP contribution < -0.4 is 4.74 Å². The van der Waals surface area contributed by atoms with Crippen molar-refractivity contribution in [1.82, 2.24) is 0 Å². The highest BCUT2D eigenvalue weighted by atomic mass is 16.5. The molecule has 0 aromatic heterocycles. The van der Waals surface area contributed by atoms with Gasteiger partial charge in [0.25, 0.3) is 0 Å². The molecule has 0 bridgehead atoms. The Kier molecular flexibility index (Phi) is 2.66. The Labute approximate surface area is 65.8 Å². The van der Waals surface area contributed by atoms with Gasteiger partial charge in [0, 0.05) is 6.42 Å². The van der Waals surface area contributed by atoms with Gasteiger partial charge in [0.2, 0.25) is 0 Å². The summed E-state index contributed by atoms with van der Waals surface area (Å²) >= 11 is 0. The van der Waals surface area contributed by atoms with Gasteiger partial charge in [0.05, 0.1) is 0 Å². The number of carbonyl (C=O) groups is 1. The fourth-order valence-electron chi connectivity index (χ4n) is 0.643. The van der Waals surface area contributed by atoms with Gasteiger partial charge in [-0.2, -0.15) is 0 Å². The number of hydrogen-bond donors (Lipinski definition) is 0. The van der Waals surface area contributed by atoms with Crippen LogP contribution in [0.25, 0.3) is 0 Å². The minimum atomic E-state index is -0.212. The summed E-state index contributed by atoms with van der Waals surface area (Å²) in [7, 11) is 0. The van der Waals surface area contributed by atoms with Crippen LogP contribution in [0.5, 0.6) is 5.75 Å². The van der Waals surface area contributed by atoms with E-state index in [1.807, 2.05) is 0 Å². The van der Waals surface area contributed by atoms with Crippen LogP contribution in [0.1, 0.15) is 13.3 Å². The van der Waals surface area contributed by atoms with Crippen molar-refractivity contribution in [2.24, 2.45) is 0 Å². The molecule has 0 spiro atoms. The Morgan fingerprint density at radius 1 is 1.55 bits per heavy atom. The fraction of sp³-hybridized carbons (Fsp3) is 0.222. The van der Waals surface area contributed by atoms with Gasteiger partial charge in [0.1, 0.15) is 5.75 Å². The Hall–Kier alpha value is -1.31. The molecular weight excluding hydrogens is 140 g/mol. The summed E-state index contributed by atoms with van der Waals surface area (Å²) in [6.45, 7) is 1.76. The Balaban J connectivity index is 2.58. The topological polar surface area (TPSA) is 26.3 Å². The average Bonchev–Trinajstić information content (AvgIpc) is 2.06. The first-order valence-electron chi connectivity index (χ1n) is 3.49. The van der Waals surface area contributed by atoms with Gasteiger partial charge in [-0.3, -0.25) is 4.79 Å². The zero-order valence-electron chi connectivity index (χ0n) is 6.33. The lowest BCUT2D eigenvalue weighted by molar-refractivity contribution is -0.134. The van der Waals surface area contributed by atoms with Gasteiger partial charge in [-0.25, -0.2) is 0 Å². The average molecular weight is 149 g/mol. The lowest BCUT2D eigenvalue weighted by Crippen LogP contribution is -2.04. The summed E-state index contributed by atoms with van der Waals surface area (Å²) in [4.78, 5) is 10.7. The maximum Gasteiger partial charge on any atom is 0.310 e. The molecule has 0 amide bonds. The van der Waals surface area contributed by atoms with E-state index in [4.69, 9.17) is 4.74 Å². The zero-order valence-corrected chi connectivity index (χ0v) is 6.33. The SMILES string of the molecule is CCC(=O)Oc1cc[c]cc1. The molecule has 0 unspecified atom stereocenters. The Morgan fingerprint density at radius 2 is 2.18 bits per heavy atom. The third-order valence-corrected chi connectivity index (χ3v) is 1.21. The molecule has 0 aliphatic carbocycles. The third kappa shape index (κ3) is 2.42. The molecule has 1 rings (SSSR count). The second kappa shape index (κ2) is 3.76. The summed E-state index contributed by atoms with van der Waals surface area (Å²) in [5.74, 6) is 0.367. The molecule has 0 aliphatic rings. The number of carbonyl (C=O) groups excluding carboxylic acids is 1. The summed E-state index contributed by atoms with van der Waals surface area (Å²) in [5.41, 5.74) is 0. The first-order chi connectivity index (χ1) is 5.33. The first kappa shape index (κ1) is 7.79. The van der Waals surface area contributed by atoms with Crippen molar-refractivity contribution >= 4 is 5.97 Å². The molecule has 1 aromatic carbocycles. The molecule has 0 heterocycles. The lowest BCUT2D eigenvalue weighted by Gasteiger charge is -1.99. The Bertz CT molecular complexity index is 229. The normalized spacial score (nSPS) is 9.18. The van der Waals surface area contributed by atoms with Gasteiger partial charge in [-0.1, -0.05) is 19.1 Å². The van der Waals surface area contributed by atoms with Crippen LogP contribution in [-0.4, -0.2) is 5.97 Å². The molecule has 0 N–H and O–H groups in total. The number of esters is 1. The largest absolute Gasteiger partial charge is 0.427 e. The fourth-order valence-corrected chi connectivity index (χ4v) is 0.643. The summed E-state index contributed by atoms with van der Waals surface area (Å²) < 4.78 is 4.90. The zero-order chi connectivity index (χ0) is 8.10. The maximum atomic E-state index is 10.7. The Morgan fingerprint density at radius 3 is 2.73 bits per heavy atom. The van der Waals surface area contributed by atoms with Crippen LogP contribution in [0.3, 0.4) is 0 Å². The number of rotatable bonds is 2. The number of ether oxygens (including phenoxy) is 1. The first-order valence-corrected chi connectivity index (χ1v) is 3.49. The van der Waals surface area contributed by atoms with E-state index in [-0.39, 0.29) is 5.97 Å². The molecule has 0 saturated heterocycles. The summed E-state index contributed by atoms with van der Waals surface area (Å²) in [6.07, 6.45) is 0.401. The quantitative estimate of drug-likeness (QED) is 0.473. The smallest absolute Gasteiger partial charge is 0.310 e. The molecule has 11 heavy (non-hydrogen) atoms. The highest BCUT2D eigenvalue weighted by Crippen LogP contribution is 2.08. The standard InChI is InChI=1S/C9H9O2/c1-2-9(10)11-8-6-4-3-5-7-8/h4-7H,2H2,1H3. The molecule has 1 radical (unpaired) electrons. The summed E-state index contributed by atoms with van der Waals surface area (Å²) in [5, 5.41) is 0. The molecular formula is C9H9O2. The molecule has 0 saturated carbocycles. The number of benzene rings is 1. The van der Waals surface area contributed by atoms with Crippen molar-refractivity contribution in [3.8, 4) is 5.75 Å². The molecule has 57 valence electrons. The van der Waals surface area contributed by atoms with E-state index in [9.17, 15) is 4.79 Å². The van der Waals surface area contributed by atoms with Crippen LogP contribution >= 0.6 is 0 Å². The van der Waals surface area contributed by atoms with E-state index in [1.54, 1.807) is 31.2 Å². The van der Waals surface area contributed by atoms with Crippen molar-refractivity contribution in [3.05, 3.63) is 30.3 Å². The third-order valence-electron chi connectivity index (χ3n) is 1.21. The predicted molar refractivity (Wildman–Crippen MR) is 41.2 cm³/mol. The van der Waals surface area contributed by atoms with E-state index in [2.05, 4.69) is 6.07 Å². The van der Waals surface area contributed by atoms with Gasteiger partial charge in [-0.05, 0) is 18.2 Å². The van der Waals surface area contributed by atoms with Crippen molar-refractivity contribution in [1.29, 1.82) is 0 Å². The maximum absolute atomic E-state index is 10.7. The minimum Gasteiger partial charge on any atom is -0.427 e.